The smallest absolute Gasteiger partial charge is 0.0486 e. The lowest BCUT2D eigenvalue weighted by Crippen LogP contribution is -2.37. The highest BCUT2D eigenvalue weighted by molar-refractivity contribution is 7.84. The minimum Gasteiger partial charge on any atom is -0.316 e. The van der Waals surface area contributed by atoms with Gasteiger partial charge in [-0.15, -0.1) is 0 Å². The summed E-state index contributed by atoms with van der Waals surface area (Å²) in [5, 5.41) is 3.37. The third kappa shape index (κ3) is 3.92. The molecular formula is C15H23NOS. The third-order valence-electron chi connectivity index (χ3n) is 3.88. The van der Waals surface area contributed by atoms with Gasteiger partial charge in [-0.05, 0) is 31.4 Å². The zero-order valence-electron chi connectivity index (χ0n) is 11.1. The van der Waals surface area contributed by atoms with Crippen molar-refractivity contribution in [2.45, 2.75) is 37.5 Å². The summed E-state index contributed by atoms with van der Waals surface area (Å²) in [5.41, 5.74) is 1.18. The van der Waals surface area contributed by atoms with E-state index in [0.717, 1.165) is 11.7 Å². The maximum Gasteiger partial charge on any atom is 0.0486 e. The van der Waals surface area contributed by atoms with E-state index in [9.17, 15) is 4.21 Å². The van der Waals surface area contributed by atoms with Gasteiger partial charge < -0.3 is 5.32 Å². The van der Waals surface area contributed by atoms with E-state index in [1.807, 2.05) is 25.2 Å². The summed E-state index contributed by atoms with van der Waals surface area (Å²) in [7, 11) is 1.24. The van der Waals surface area contributed by atoms with Gasteiger partial charge in [0.25, 0.3) is 0 Å². The molecule has 0 saturated heterocycles. The standard InChI is InChI=1S/C15H23NOS/c1-16-15(14-9-5-6-10-14)12-18(17)11-13-7-3-2-4-8-13/h2-4,7-8,14-16H,5-6,9-12H2,1H3. The lowest BCUT2D eigenvalue weighted by atomic mass is 10.0. The molecule has 1 fully saturated rings. The molecule has 0 bridgehead atoms. The van der Waals surface area contributed by atoms with Crippen LogP contribution in [0.3, 0.4) is 0 Å². The lowest BCUT2D eigenvalue weighted by molar-refractivity contribution is 0.408. The molecule has 2 unspecified atom stereocenters. The largest absolute Gasteiger partial charge is 0.316 e. The van der Waals surface area contributed by atoms with Crippen LogP contribution in [0.5, 0.6) is 0 Å². The molecule has 1 N–H and O–H groups in total. The van der Waals surface area contributed by atoms with Gasteiger partial charge in [0, 0.05) is 28.3 Å². The van der Waals surface area contributed by atoms with Crippen molar-refractivity contribution in [3.63, 3.8) is 0 Å². The van der Waals surface area contributed by atoms with Crippen LogP contribution in [0, 0.1) is 5.92 Å². The fourth-order valence-corrected chi connectivity index (χ4v) is 4.36. The zero-order chi connectivity index (χ0) is 12.8. The number of nitrogens with one attached hydrogen (secondary N) is 1. The molecule has 1 aromatic rings. The minimum absolute atomic E-state index is 0.428. The predicted octanol–water partition coefficient (Wildman–Crippen LogP) is 2.71. The van der Waals surface area contributed by atoms with Gasteiger partial charge >= 0.3 is 0 Å². The number of hydrogen-bond acceptors (Lipinski definition) is 2. The average molecular weight is 265 g/mol. The maximum atomic E-state index is 12.2. The molecule has 2 nitrogen and oxygen atoms in total. The molecule has 2 atom stereocenters. The third-order valence-corrected chi connectivity index (χ3v) is 5.26. The average Bonchev–Trinajstić information content (AvgIpc) is 2.91. The molecule has 2 rings (SSSR count). The fourth-order valence-electron chi connectivity index (χ4n) is 2.83. The summed E-state index contributed by atoms with van der Waals surface area (Å²) in [4.78, 5) is 0. The van der Waals surface area contributed by atoms with E-state index in [1.54, 1.807) is 0 Å². The van der Waals surface area contributed by atoms with Crippen LogP contribution in [0.1, 0.15) is 31.2 Å². The molecule has 1 aromatic carbocycles. The molecule has 0 amide bonds. The van der Waals surface area contributed by atoms with Crippen molar-refractivity contribution in [3.8, 4) is 0 Å². The Kier molecular flexibility index (Phi) is 5.39. The van der Waals surface area contributed by atoms with Crippen LogP contribution in [0.4, 0.5) is 0 Å². The molecule has 1 saturated carbocycles. The highest BCUT2D eigenvalue weighted by Gasteiger charge is 2.25. The summed E-state index contributed by atoms with van der Waals surface area (Å²) in [6.45, 7) is 0. The summed E-state index contributed by atoms with van der Waals surface area (Å²) in [6.07, 6.45) is 5.28. The van der Waals surface area contributed by atoms with E-state index >= 15 is 0 Å². The second kappa shape index (κ2) is 7.05. The second-order valence-electron chi connectivity index (χ2n) is 5.18. The predicted molar refractivity (Wildman–Crippen MR) is 78.0 cm³/mol. The lowest BCUT2D eigenvalue weighted by Gasteiger charge is -2.22. The highest BCUT2D eigenvalue weighted by Crippen LogP contribution is 2.28. The Balaban J connectivity index is 1.85. The van der Waals surface area contributed by atoms with Crippen molar-refractivity contribution in [3.05, 3.63) is 35.9 Å². The number of hydrogen-bond donors (Lipinski definition) is 1. The van der Waals surface area contributed by atoms with E-state index < -0.39 is 10.8 Å². The Bertz CT molecular complexity index is 373. The molecule has 0 heterocycles. The molecule has 1 aliphatic carbocycles. The van der Waals surface area contributed by atoms with Crippen molar-refractivity contribution < 1.29 is 4.21 Å². The Morgan fingerprint density at radius 2 is 1.94 bits per heavy atom. The van der Waals surface area contributed by atoms with Crippen LogP contribution in [-0.2, 0) is 16.6 Å². The SMILES string of the molecule is CNC(CS(=O)Cc1ccccc1)C1CCCC1. The molecule has 0 radical (unpaired) electrons. The summed E-state index contributed by atoms with van der Waals surface area (Å²) in [6, 6.07) is 10.6. The molecule has 100 valence electrons. The van der Waals surface area contributed by atoms with E-state index in [1.165, 1.54) is 31.2 Å². The van der Waals surface area contributed by atoms with Crippen molar-refractivity contribution in [1.82, 2.24) is 5.32 Å². The Morgan fingerprint density at radius 1 is 1.28 bits per heavy atom. The number of rotatable bonds is 6. The normalized spacial score (nSPS) is 19.8. The van der Waals surface area contributed by atoms with Crippen molar-refractivity contribution in [1.29, 1.82) is 0 Å². The van der Waals surface area contributed by atoms with Crippen LogP contribution >= 0.6 is 0 Å². The Morgan fingerprint density at radius 3 is 2.56 bits per heavy atom. The molecule has 3 heteroatoms. The molecule has 1 aliphatic rings. The van der Waals surface area contributed by atoms with Gasteiger partial charge in [0.05, 0.1) is 0 Å². The highest BCUT2D eigenvalue weighted by atomic mass is 32.2. The van der Waals surface area contributed by atoms with Gasteiger partial charge in [-0.25, -0.2) is 0 Å². The second-order valence-corrected chi connectivity index (χ2v) is 6.68. The first-order chi connectivity index (χ1) is 8.79. The van der Waals surface area contributed by atoms with Crippen LogP contribution < -0.4 is 5.32 Å². The van der Waals surface area contributed by atoms with E-state index in [0.29, 0.717) is 11.8 Å². The summed E-state index contributed by atoms with van der Waals surface area (Å²) in [5.74, 6) is 2.21. The van der Waals surface area contributed by atoms with Crippen LogP contribution in [0.15, 0.2) is 30.3 Å². The Hall–Kier alpha value is -0.670. The first-order valence-corrected chi connectivity index (χ1v) is 8.34. The molecule has 0 aliphatic heterocycles. The Labute approximate surface area is 113 Å². The van der Waals surface area contributed by atoms with Gasteiger partial charge in [-0.3, -0.25) is 4.21 Å². The van der Waals surface area contributed by atoms with Crippen molar-refractivity contribution in [2.24, 2.45) is 5.92 Å². The van der Waals surface area contributed by atoms with Gasteiger partial charge in [-0.1, -0.05) is 43.2 Å². The molecule has 0 spiro atoms. The summed E-state index contributed by atoms with van der Waals surface area (Å²) < 4.78 is 12.2. The van der Waals surface area contributed by atoms with E-state index in [2.05, 4.69) is 17.4 Å². The molecule has 18 heavy (non-hydrogen) atoms. The van der Waals surface area contributed by atoms with Crippen LogP contribution in [0.25, 0.3) is 0 Å². The topological polar surface area (TPSA) is 29.1 Å². The molecule has 0 aromatic heterocycles. The van der Waals surface area contributed by atoms with Crippen molar-refractivity contribution >= 4 is 10.8 Å². The summed E-state index contributed by atoms with van der Waals surface area (Å²) >= 11 is 0. The van der Waals surface area contributed by atoms with Gasteiger partial charge in [0.15, 0.2) is 0 Å². The van der Waals surface area contributed by atoms with Gasteiger partial charge in [-0.2, -0.15) is 0 Å². The monoisotopic (exact) mass is 265 g/mol. The fraction of sp³-hybridized carbons (Fsp3) is 0.600. The minimum atomic E-state index is -0.759. The van der Waals surface area contributed by atoms with Gasteiger partial charge in [0.1, 0.15) is 0 Å². The quantitative estimate of drug-likeness (QED) is 0.857. The van der Waals surface area contributed by atoms with E-state index in [-0.39, 0.29) is 0 Å². The maximum absolute atomic E-state index is 12.2. The van der Waals surface area contributed by atoms with Crippen LogP contribution in [-0.4, -0.2) is 23.1 Å². The van der Waals surface area contributed by atoms with Gasteiger partial charge in [0.2, 0.25) is 0 Å². The zero-order valence-corrected chi connectivity index (χ0v) is 11.9. The number of benzene rings is 1. The van der Waals surface area contributed by atoms with Crippen LogP contribution in [0.2, 0.25) is 0 Å². The molecular weight excluding hydrogens is 242 g/mol. The van der Waals surface area contributed by atoms with E-state index in [4.69, 9.17) is 0 Å². The van der Waals surface area contributed by atoms with Crippen molar-refractivity contribution in [2.75, 3.05) is 12.8 Å². The first kappa shape index (κ1) is 13.8. The first-order valence-electron chi connectivity index (χ1n) is 6.86.